The lowest BCUT2D eigenvalue weighted by Gasteiger charge is -2.35. The molecule has 0 aliphatic carbocycles. The summed E-state index contributed by atoms with van der Waals surface area (Å²) < 4.78 is 51.7. The second-order valence-electron chi connectivity index (χ2n) is 6.34. The lowest BCUT2D eigenvalue weighted by Crippen LogP contribution is -2.48. The molecule has 0 bridgehead atoms. The number of aromatic nitrogens is 1. The quantitative estimate of drug-likeness (QED) is 0.610. The minimum atomic E-state index is -4.52. The highest BCUT2D eigenvalue weighted by Gasteiger charge is 2.31. The van der Waals surface area contributed by atoms with E-state index in [4.69, 9.17) is 11.6 Å². The average molecular weight is 417 g/mol. The van der Waals surface area contributed by atoms with Gasteiger partial charge in [-0.15, -0.1) is 0 Å². The van der Waals surface area contributed by atoms with Gasteiger partial charge in [-0.25, -0.2) is 4.98 Å². The Morgan fingerprint density at radius 3 is 2.50 bits per heavy atom. The summed E-state index contributed by atoms with van der Waals surface area (Å²) in [6.07, 6.45) is -3.13. The van der Waals surface area contributed by atoms with Crippen LogP contribution in [0.3, 0.4) is 0 Å². The number of rotatable bonds is 4. The van der Waals surface area contributed by atoms with Crippen LogP contribution in [0.1, 0.15) is 5.56 Å². The summed E-state index contributed by atoms with van der Waals surface area (Å²) in [6.45, 7) is 2.29. The van der Waals surface area contributed by atoms with Crippen molar-refractivity contribution in [3.63, 3.8) is 0 Å². The van der Waals surface area contributed by atoms with E-state index in [2.05, 4.69) is 10.3 Å². The van der Waals surface area contributed by atoms with Crippen molar-refractivity contribution in [2.45, 2.75) is 6.18 Å². The van der Waals surface area contributed by atoms with Gasteiger partial charge in [0.15, 0.2) is 0 Å². The first-order chi connectivity index (χ1) is 13.2. The van der Waals surface area contributed by atoms with E-state index in [9.17, 15) is 22.4 Å². The molecule has 0 radical (unpaired) electrons. The fourth-order valence-electron chi connectivity index (χ4n) is 2.94. The molecule has 28 heavy (non-hydrogen) atoms. The molecular formula is C18H17ClF4N4O. The maximum atomic E-state index is 13.2. The average Bonchev–Trinajstić information content (AvgIpc) is 2.63. The number of piperazine rings is 1. The number of nitrogens with one attached hydrogen (secondary N) is 1. The molecule has 1 N–H and O–H groups in total. The van der Waals surface area contributed by atoms with E-state index in [1.807, 2.05) is 9.80 Å². The number of carbonyl (C=O) groups is 1. The van der Waals surface area contributed by atoms with Crippen LogP contribution in [0.5, 0.6) is 0 Å². The number of nitrogens with zero attached hydrogens (tertiary/aromatic N) is 3. The number of carbonyl (C=O) groups excluding carboxylic acids is 1. The van der Waals surface area contributed by atoms with Crippen molar-refractivity contribution in [1.82, 2.24) is 9.88 Å². The first kappa shape index (κ1) is 20.3. The Morgan fingerprint density at radius 1 is 1.14 bits per heavy atom. The van der Waals surface area contributed by atoms with Crippen molar-refractivity contribution in [3.8, 4) is 0 Å². The molecule has 0 spiro atoms. The Kier molecular flexibility index (Phi) is 6.04. The third kappa shape index (κ3) is 5.11. The van der Waals surface area contributed by atoms with E-state index in [1.54, 1.807) is 6.07 Å². The number of halogens is 5. The van der Waals surface area contributed by atoms with Crippen LogP contribution in [-0.2, 0) is 11.0 Å². The van der Waals surface area contributed by atoms with Crippen LogP contribution in [0, 0.1) is 5.95 Å². The van der Waals surface area contributed by atoms with Crippen molar-refractivity contribution in [2.24, 2.45) is 0 Å². The van der Waals surface area contributed by atoms with Crippen molar-refractivity contribution >= 4 is 28.9 Å². The molecule has 1 saturated heterocycles. The second kappa shape index (κ2) is 8.32. The predicted octanol–water partition coefficient (Wildman–Crippen LogP) is 3.65. The zero-order valence-electron chi connectivity index (χ0n) is 14.6. The Bertz CT molecular complexity index is 854. The molecule has 0 unspecified atom stereocenters. The fourth-order valence-corrected chi connectivity index (χ4v) is 3.11. The van der Waals surface area contributed by atoms with Crippen LogP contribution < -0.4 is 10.2 Å². The van der Waals surface area contributed by atoms with Crippen LogP contribution in [-0.4, -0.2) is 48.5 Å². The van der Waals surface area contributed by atoms with Gasteiger partial charge in [0, 0.05) is 44.1 Å². The van der Waals surface area contributed by atoms with Gasteiger partial charge in [0.1, 0.15) is 0 Å². The minimum Gasteiger partial charge on any atom is -0.369 e. The number of pyridine rings is 1. The van der Waals surface area contributed by atoms with Crippen LogP contribution in [0.2, 0.25) is 5.02 Å². The van der Waals surface area contributed by atoms with E-state index in [-0.39, 0.29) is 17.3 Å². The van der Waals surface area contributed by atoms with Gasteiger partial charge in [0.05, 0.1) is 22.8 Å². The van der Waals surface area contributed by atoms with Gasteiger partial charge in [-0.2, -0.15) is 17.6 Å². The summed E-state index contributed by atoms with van der Waals surface area (Å²) >= 11 is 5.89. The molecule has 0 saturated carbocycles. The van der Waals surface area contributed by atoms with Crippen molar-refractivity contribution < 1.29 is 22.4 Å². The molecule has 5 nitrogen and oxygen atoms in total. The number of hydrogen-bond donors (Lipinski definition) is 1. The summed E-state index contributed by atoms with van der Waals surface area (Å²) in [5, 5.41) is 2.47. The maximum Gasteiger partial charge on any atom is 0.416 e. The first-order valence-corrected chi connectivity index (χ1v) is 8.85. The summed E-state index contributed by atoms with van der Waals surface area (Å²) in [5.41, 5.74) is -0.245. The smallest absolute Gasteiger partial charge is 0.369 e. The number of hydrogen-bond acceptors (Lipinski definition) is 4. The van der Waals surface area contributed by atoms with E-state index in [0.717, 1.165) is 18.2 Å². The molecule has 1 aromatic heterocycles. The molecule has 150 valence electrons. The highest BCUT2D eigenvalue weighted by molar-refractivity contribution is 6.33. The Balaban J connectivity index is 1.55. The second-order valence-corrected chi connectivity index (χ2v) is 6.75. The van der Waals surface area contributed by atoms with Crippen molar-refractivity contribution in [1.29, 1.82) is 0 Å². The number of anilines is 2. The highest BCUT2D eigenvalue weighted by atomic mass is 35.5. The van der Waals surface area contributed by atoms with Gasteiger partial charge in [-0.1, -0.05) is 11.6 Å². The van der Waals surface area contributed by atoms with Gasteiger partial charge in [-0.05, 0) is 24.3 Å². The van der Waals surface area contributed by atoms with E-state index in [0.29, 0.717) is 31.9 Å². The summed E-state index contributed by atoms with van der Waals surface area (Å²) in [5.74, 6) is -1.01. The molecular weight excluding hydrogens is 400 g/mol. The van der Waals surface area contributed by atoms with Crippen LogP contribution in [0.15, 0.2) is 36.5 Å². The van der Waals surface area contributed by atoms with E-state index >= 15 is 0 Å². The molecule has 2 aromatic rings. The zero-order valence-corrected chi connectivity index (χ0v) is 15.4. The van der Waals surface area contributed by atoms with Gasteiger partial charge in [-0.3, -0.25) is 9.69 Å². The van der Waals surface area contributed by atoms with Gasteiger partial charge >= 0.3 is 6.18 Å². The third-order valence-corrected chi connectivity index (χ3v) is 4.71. The highest BCUT2D eigenvalue weighted by Crippen LogP contribution is 2.33. The summed E-state index contributed by atoms with van der Waals surface area (Å²) in [7, 11) is 0. The molecule has 1 fully saturated rings. The first-order valence-electron chi connectivity index (χ1n) is 8.48. The molecule has 1 amide bonds. The van der Waals surface area contributed by atoms with Crippen molar-refractivity contribution in [2.75, 3.05) is 42.9 Å². The van der Waals surface area contributed by atoms with Crippen LogP contribution in [0.4, 0.5) is 28.9 Å². The fraction of sp³-hybridized carbons (Fsp3) is 0.333. The molecule has 1 aliphatic heterocycles. The SMILES string of the molecule is O=C(CN1CCN(c2ccnc(F)c2)CC1)Nc1cc(C(F)(F)F)ccc1Cl. The molecule has 3 rings (SSSR count). The molecule has 1 aliphatic rings. The Hall–Kier alpha value is -2.39. The van der Waals surface area contributed by atoms with E-state index < -0.39 is 23.6 Å². The maximum absolute atomic E-state index is 13.2. The van der Waals surface area contributed by atoms with E-state index in [1.165, 1.54) is 12.3 Å². The minimum absolute atomic E-state index is 0.0190. The predicted molar refractivity (Wildman–Crippen MR) is 97.9 cm³/mol. The largest absolute Gasteiger partial charge is 0.416 e. The van der Waals surface area contributed by atoms with Gasteiger partial charge in [0.2, 0.25) is 11.9 Å². The topological polar surface area (TPSA) is 48.5 Å². The molecule has 1 aromatic carbocycles. The molecule has 0 atom stereocenters. The molecule has 2 heterocycles. The number of alkyl halides is 3. The van der Waals surface area contributed by atoms with Gasteiger partial charge < -0.3 is 10.2 Å². The number of benzene rings is 1. The number of amides is 1. The Morgan fingerprint density at radius 2 is 1.86 bits per heavy atom. The lowest BCUT2D eigenvalue weighted by molar-refractivity contribution is -0.137. The monoisotopic (exact) mass is 416 g/mol. The Labute approximate surface area is 163 Å². The summed E-state index contributed by atoms with van der Waals surface area (Å²) in [6, 6.07) is 5.83. The lowest BCUT2D eigenvalue weighted by atomic mass is 10.2. The third-order valence-electron chi connectivity index (χ3n) is 4.38. The summed E-state index contributed by atoms with van der Waals surface area (Å²) in [4.78, 5) is 19.6. The van der Waals surface area contributed by atoms with Crippen LogP contribution in [0.25, 0.3) is 0 Å². The van der Waals surface area contributed by atoms with Crippen LogP contribution >= 0.6 is 11.6 Å². The standard InChI is InChI=1S/C18H17ClF4N4O/c19-14-2-1-12(18(21,22)23)9-15(14)25-17(28)11-26-5-7-27(8-6-26)13-3-4-24-16(20)10-13/h1-4,9-10H,5-8,11H2,(H,25,28). The zero-order chi connectivity index (χ0) is 20.3. The van der Waals surface area contributed by atoms with Gasteiger partial charge in [0.25, 0.3) is 0 Å². The normalized spacial score (nSPS) is 15.5. The van der Waals surface area contributed by atoms with Crippen molar-refractivity contribution in [3.05, 3.63) is 53.1 Å². The molecule has 10 heteroatoms.